The van der Waals surface area contributed by atoms with E-state index < -0.39 is 11.6 Å². The summed E-state index contributed by atoms with van der Waals surface area (Å²) in [5.74, 6) is 0.464. The second-order valence-corrected chi connectivity index (χ2v) is 6.93. The van der Waals surface area contributed by atoms with Gasteiger partial charge in [-0.25, -0.2) is 23.0 Å². The fourth-order valence-electron chi connectivity index (χ4n) is 3.85. The number of anilines is 1. The molecule has 29 heavy (non-hydrogen) atoms. The zero-order valence-corrected chi connectivity index (χ0v) is 15.7. The van der Waals surface area contributed by atoms with Gasteiger partial charge in [0.2, 0.25) is 0 Å². The molecule has 1 fully saturated rings. The summed E-state index contributed by atoms with van der Waals surface area (Å²) >= 11 is 0. The van der Waals surface area contributed by atoms with E-state index in [0.29, 0.717) is 35.0 Å². The first-order valence-electron chi connectivity index (χ1n) is 9.29. The normalized spacial score (nSPS) is 16.7. The van der Waals surface area contributed by atoms with Crippen molar-refractivity contribution in [1.82, 2.24) is 24.4 Å². The fraction of sp³-hybridized carbons (Fsp3) is 0.250. The SMILES string of the molecule is COc1cnn(-c2cnn3ccc(N4CCC[C@H]4c4cc(F)ccc4F)nc23)c1. The van der Waals surface area contributed by atoms with Crippen LogP contribution in [0.4, 0.5) is 14.6 Å². The highest BCUT2D eigenvalue weighted by Crippen LogP contribution is 2.37. The number of ether oxygens (including phenoxy) is 1. The Morgan fingerprint density at radius 3 is 2.86 bits per heavy atom. The predicted octanol–water partition coefficient (Wildman–Crippen LogP) is 3.54. The van der Waals surface area contributed by atoms with E-state index in [9.17, 15) is 8.78 Å². The number of methoxy groups -OCH3 is 1. The largest absolute Gasteiger partial charge is 0.493 e. The van der Waals surface area contributed by atoms with E-state index in [1.807, 2.05) is 11.0 Å². The van der Waals surface area contributed by atoms with Gasteiger partial charge in [0.1, 0.15) is 23.1 Å². The number of aromatic nitrogens is 5. The molecule has 1 aromatic carbocycles. The maximum absolute atomic E-state index is 14.4. The average molecular weight is 396 g/mol. The zero-order chi connectivity index (χ0) is 20.0. The van der Waals surface area contributed by atoms with Crippen molar-refractivity contribution in [2.24, 2.45) is 0 Å². The monoisotopic (exact) mass is 396 g/mol. The van der Waals surface area contributed by atoms with Crippen LogP contribution in [-0.4, -0.2) is 38.0 Å². The van der Waals surface area contributed by atoms with Gasteiger partial charge in [-0.05, 0) is 37.1 Å². The van der Waals surface area contributed by atoms with Gasteiger partial charge in [0.05, 0.1) is 31.7 Å². The molecular weight excluding hydrogens is 378 g/mol. The lowest BCUT2D eigenvalue weighted by atomic mass is 10.0. The van der Waals surface area contributed by atoms with E-state index in [4.69, 9.17) is 9.72 Å². The van der Waals surface area contributed by atoms with Crippen LogP contribution >= 0.6 is 0 Å². The van der Waals surface area contributed by atoms with Crippen molar-refractivity contribution in [2.45, 2.75) is 18.9 Å². The van der Waals surface area contributed by atoms with Crippen LogP contribution in [0, 0.1) is 11.6 Å². The van der Waals surface area contributed by atoms with Crippen LogP contribution in [0.2, 0.25) is 0 Å². The third kappa shape index (κ3) is 2.98. The van der Waals surface area contributed by atoms with Crippen molar-refractivity contribution in [3.8, 4) is 11.4 Å². The Kier molecular flexibility index (Phi) is 4.15. The number of rotatable bonds is 4. The van der Waals surface area contributed by atoms with Gasteiger partial charge >= 0.3 is 0 Å². The zero-order valence-electron chi connectivity index (χ0n) is 15.7. The summed E-state index contributed by atoms with van der Waals surface area (Å²) in [6.07, 6.45) is 8.43. The molecule has 1 aliphatic rings. The van der Waals surface area contributed by atoms with Crippen molar-refractivity contribution in [2.75, 3.05) is 18.6 Å². The van der Waals surface area contributed by atoms with Gasteiger partial charge in [0.25, 0.3) is 0 Å². The van der Waals surface area contributed by atoms with E-state index in [0.717, 1.165) is 18.9 Å². The van der Waals surface area contributed by atoms with Gasteiger partial charge in [-0.1, -0.05) is 0 Å². The maximum Gasteiger partial charge on any atom is 0.183 e. The maximum atomic E-state index is 14.4. The molecule has 148 valence electrons. The van der Waals surface area contributed by atoms with Crippen molar-refractivity contribution in [3.63, 3.8) is 0 Å². The minimum atomic E-state index is -0.442. The van der Waals surface area contributed by atoms with E-state index in [2.05, 4.69) is 10.2 Å². The topological polar surface area (TPSA) is 60.5 Å². The Balaban J connectivity index is 1.56. The van der Waals surface area contributed by atoms with Crippen LogP contribution in [0.15, 0.2) is 49.1 Å². The van der Waals surface area contributed by atoms with Crippen LogP contribution in [-0.2, 0) is 0 Å². The van der Waals surface area contributed by atoms with Crippen LogP contribution in [0.3, 0.4) is 0 Å². The van der Waals surface area contributed by atoms with Crippen molar-refractivity contribution in [1.29, 1.82) is 0 Å². The fourth-order valence-corrected chi connectivity index (χ4v) is 3.85. The molecule has 1 atom stereocenters. The van der Waals surface area contributed by atoms with E-state index in [-0.39, 0.29) is 6.04 Å². The van der Waals surface area contributed by atoms with Crippen LogP contribution < -0.4 is 9.64 Å². The number of halogens is 2. The minimum Gasteiger partial charge on any atom is -0.493 e. The lowest BCUT2D eigenvalue weighted by Crippen LogP contribution is -2.24. The number of benzene rings is 1. The first-order chi connectivity index (χ1) is 14.1. The number of hydrogen-bond acceptors (Lipinski definition) is 5. The summed E-state index contributed by atoms with van der Waals surface area (Å²) < 4.78 is 36.6. The van der Waals surface area contributed by atoms with Crippen molar-refractivity contribution < 1.29 is 13.5 Å². The number of nitrogens with zero attached hydrogens (tertiary/aromatic N) is 6. The summed E-state index contributed by atoms with van der Waals surface area (Å²) in [5.41, 5.74) is 1.66. The Hall–Kier alpha value is -3.49. The Labute approximate surface area is 165 Å². The van der Waals surface area contributed by atoms with Crippen molar-refractivity contribution in [3.05, 3.63) is 66.3 Å². The number of hydrogen-bond donors (Lipinski definition) is 0. The van der Waals surface area contributed by atoms with Gasteiger partial charge < -0.3 is 9.64 Å². The van der Waals surface area contributed by atoms with Gasteiger partial charge in [0, 0.05) is 18.3 Å². The van der Waals surface area contributed by atoms with Gasteiger partial charge in [0.15, 0.2) is 11.4 Å². The third-order valence-electron chi connectivity index (χ3n) is 5.24. The Morgan fingerprint density at radius 1 is 1.14 bits per heavy atom. The molecule has 5 rings (SSSR count). The van der Waals surface area contributed by atoms with E-state index in [1.165, 1.54) is 12.1 Å². The minimum absolute atomic E-state index is 0.267. The summed E-state index contributed by atoms with van der Waals surface area (Å²) in [5, 5.41) is 8.61. The standard InChI is InChI=1S/C20H18F2N6O/c1-29-14-10-23-28(12-14)18-11-24-27-8-6-19(25-20(18)27)26-7-2-3-17(26)15-9-13(21)4-5-16(15)22/h4-6,8-12,17H,2-3,7H2,1H3/t17-/m0/s1. The molecule has 0 spiro atoms. The first kappa shape index (κ1) is 17.6. The first-order valence-corrected chi connectivity index (χ1v) is 9.29. The molecule has 4 aromatic rings. The second-order valence-electron chi connectivity index (χ2n) is 6.93. The van der Waals surface area contributed by atoms with Crippen molar-refractivity contribution >= 4 is 11.5 Å². The van der Waals surface area contributed by atoms with E-state index in [1.54, 1.807) is 41.1 Å². The molecule has 1 saturated heterocycles. The van der Waals surface area contributed by atoms with Crippen LogP contribution in [0.5, 0.6) is 5.75 Å². The lowest BCUT2D eigenvalue weighted by molar-refractivity contribution is 0.414. The van der Waals surface area contributed by atoms with Gasteiger partial charge in [-0.2, -0.15) is 10.2 Å². The number of fused-ring (bicyclic) bond motifs is 1. The third-order valence-corrected chi connectivity index (χ3v) is 5.24. The molecule has 0 radical (unpaired) electrons. The van der Waals surface area contributed by atoms with Crippen LogP contribution in [0.1, 0.15) is 24.4 Å². The predicted molar refractivity (Wildman–Crippen MR) is 102 cm³/mol. The Morgan fingerprint density at radius 2 is 2.03 bits per heavy atom. The summed E-state index contributed by atoms with van der Waals surface area (Å²) in [4.78, 5) is 6.78. The molecule has 7 nitrogen and oxygen atoms in total. The van der Waals surface area contributed by atoms with Crippen LogP contribution in [0.25, 0.3) is 11.3 Å². The molecule has 0 bridgehead atoms. The van der Waals surface area contributed by atoms with Gasteiger partial charge in [-0.15, -0.1) is 0 Å². The lowest BCUT2D eigenvalue weighted by Gasteiger charge is -2.26. The average Bonchev–Trinajstić information content (AvgIpc) is 3.47. The molecule has 0 saturated carbocycles. The molecule has 0 unspecified atom stereocenters. The summed E-state index contributed by atoms with van der Waals surface area (Å²) in [6, 6.07) is 5.16. The highest BCUT2D eigenvalue weighted by Gasteiger charge is 2.30. The quantitative estimate of drug-likeness (QED) is 0.528. The highest BCUT2D eigenvalue weighted by atomic mass is 19.1. The molecular formula is C20H18F2N6O. The molecule has 0 amide bonds. The molecule has 1 aliphatic heterocycles. The molecule has 9 heteroatoms. The summed E-state index contributed by atoms with van der Waals surface area (Å²) in [6.45, 7) is 0.711. The molecule has 4 heterocycles. The Bertz CT molecular complexity index is 1190. The molecule has 0 aliphatic carbocycles. The molecule has 3 aromatic heterocycles. The highest BCUT2D eigenvalue weighted by molar-refractivity contribution is 5.61. The smallest absolute Gasteiger partial charge is 0.183 e. The molecule has 0 N–H and O–H groups in total. The van der Waals surface area contributed by atoms with Gasteiger partial charge in [-0.3, -0.25) is 0 Å². The second kappa shape index (κ2) is 6.84. The van der Waals surface area contributed by atoms with E-state index >= 15 is 0 Å². The summed E-state index contributed by atoms with van der Waals surface area (Å²) in [7, 11) is 1.58.